The van der Waals surface area contributed by atoms with Gasteiger partial charge in [0.05, 0.1) is 6.04 Å². The molecular weight excluding hydrogens is 176 g/mol. The number of pyridine rings is 1. The molecule has 1 unspecified atom stereocenters. The van der Waals surface area contributed by atoms with Crippen LogP contribution in [0.3, 0.4) is 0 Å². The number of rotatable bonds is 1. The molecule has 0 aliphatic carbocycles. The van der Waals surface area contributed by atoms with Crippen molar-refractivity contribution < 1.29 is 4.79 Å². The number of nitrogens with zero attached hydrogens (tertiary/aromatic N) is 1. The van der Waals surface area contributed by atoms with Crippen LogP contribution in [0.15, 0.2) is 30.6 Å². The van der Waals surface area contributed by atoms with Crippen molar-refractivity contribution in [3.63, 3.8) is 0 Å². The van der Waals surface area contributed by atoms with Crippen LogP contribution < -0.4 is 5.32 Å². The van der Waals surface area contributed by atoms with E-state index in [4.69, 9.17) is 0 Å². The predicted octanol–water partition coefficient (Wildman–Crippen LogP) is 1.37. The summed E-state index contributed by atoms with van der Waals surface area (Å²) in [7, 11) is 0. The number of hydrogen-bond acceptors (Lipinski definition) is 2. The second kappa shape index (κ2) is 3.62. The first-order valence-electron chi connectivity index (χ1n) is 4.67. The third kappa shape index (κ3) is 1.66. The molecule has 1 atom stereocenters. The summed E-state index contributed by atoms with van der Waals surface area (Å²) >= 11 is 0. The zero-order valence-electron chi connectivity index (χ0n) is 8.03. The highest BCUT2D eigenvalue weighted by molar-refractivity contribution is 5.86. The molecule has 1 N–H and O–H groups in total. The normalized spacial score (nSPS) is 21.4. The van der Waals surface area contributed by atoms with Gasteiger partial charge >= 0.3 is 0 Å². The van der Waals surface area contributed by atoms with Crippen molar-refractivity contribution in [2.45, 2.75) is 19.4 Å². The largest absolute Gasteiger partial charge is 0.349 e. The van der Waals surface area contributed by atoms with Crippen LogP contribution in [-0.2, 0) is 4.79 Å². The van der Waals surface area contributed by atoms with E-state index in [9.17, 15) is 4.79 Å². The van der Waals surface area contributed by atoms with E-state index in [-0.39, 0.29) is 11.9 Å². The molecule has 14 heavy (non-hydrogen) atoms. The lowest BCUT2D eigenvalue weighted by Crippen LogP contribution is -2.36. The summed E-state index contributed by atoms with van der Waals surface area (Å²) in [5, 5.41) is 2.90. The van der Waals surface area contributed by atoms with Crippen LogP contribution in [0.5, 0.6) is 0 Å². The maximum atomic E-state index is 11.1. The Labute approximate surface area is 82.9 Å². The summed E-state index contributed by atoms with van der Waals surface area (Å²) in [6.45, 7) is 1.99. The summed E-state index contributed by atoms with van der Waals surface area (Å²) < 4.78 is 0. The second-order valence-electron chi connectivity index (χ2n) is 3.39. The summed E-state index contributed by atoms with van der Waals surface area (Å²) in [5.74, 6) is 0.0929. The molecule has 0 aromatic carbocycles. The molecule has 0 saturated heterocycles. The van der Waals surface area contributed by atoms with Crippen LogP contribution >= 0.6 is 0 Å². The van der Waals surface area contributed by atoms with E-state index < -0.39 is 0 Å². The quantitative estimate of drug-likeness (QED) is 0.723. The van der Waals surface area contributed by atoms with Gasteiger partial charge in [-0.15, -0.1) is 0 Å². The maximum Gasteiger partial charge on any atom is 0.224 e. The van der Waals surface area contributed by atoms with E-state index in [1.165, 1.54) is 5.57 Å². The zero-order chi connectivity index (χ0) is 9.97. The molecule has 72 valence electrons. The summed E-state index contributed by atoms with van der Waals surface area (Å²) in [6, 6.07) is 4.01. The maximum absolute atomic E-state index is 11.1. The lowest BCUT2D eigenvalue weighted by molar-refractivity contribution is -0.120. The average Bonchev–Trinajstić information content (AvgIpc) is 2.19. The lowest BCUT2D eigenvalue weighted by atomic mass is 9.96. The van der Waals surface area contributed by atoms with Gasteiger partial charge in [0, 0.05) is 18.8 Å². The Morgan fingerprint density at radius 2 is 2.14 bits per heavy atom. The summed E-state index contributed by atoms with van der Waals surface area (Å²) in [6.07, 6.45) is 5.99. The molecule has 0 saturated carbocycles. The second-order valence-corrected chi connectivity index (χ2v) is 3.39. The number of carbonyl (C=O) groups excluding carboxylic acids is 1. The van der Waals surface area contributed by atoms with Crippen molar-refractivity contribution in [1.82, 2.24) is 10.3 Å². The summed E-state index contributed by atoms with van der Waals surface area (Å²) in [4.78, 5) is 15.0. The van der Waals surface area contributed by atoms with E-state index >= 15 is 0 Å². The van der Waals surface area contributed by atoms with Gasteiger partial charge in [0.25, 0.3) is 0 Å². The standard InChI is InChI=1S/C11H12N2O/c1-8-10(2-3-11(14)13-8)9-4-6-12-7-5-9/h2,4-8H,3H2,1H3,(H,13,14). The van der Waals surface area contributed by atoms with Crippen molar-refractivity contribution in [2.75, 3.05) is 0 Å². The predicted molar refractivity (Wildman–Crippen MR) is 54.4 cm³/mol. The van der Waals surface area contributed by atoms with Crippen molar-refractivity contribution in [3.05, 3.63) is 36.2 Å². The van der Waals surface area contributed by atoms with Crippen LogP contribution in [0.1, 0.15) is 18.9 Å². The van der Waals surface area contributed by atoms with Crippen molar-refractivity contribution in [1.29, 1.82) is 0 Å². The topological polar surface area (TPSA) is 42.0 Å². The molecule has 2 rings (SSSR count). The number of carbonyl (C=O) groups is 1. The Morgan fingerprint density at radius 1 is 1.43 bits per heavy atom. The first kappa shape index (κ1) is 8.94. The summed E-state index contributed by atoms with van der Waals surface area (Å²) in [5.41, 5.74) is 2.31. The minimum Gasteiger partial charge on any atom is -0.349 e. The molecule has 2 heterocycles. The van der Waals surface area contributed by atoms with Gasteiger partial charge in [0.15, 0.2) is 0 Å². The molecule has 0 radical (unpaired) electrons. The first-order valence-corrected chi connectivity index (χ1v) is 4.67. The molecule has 1 amide bonds. The fourth-order valence-corrected chi connectivity index (χ4v) is 1.67. The van der Waals surface area contributed by atoms with Gasteiger partial charge < -0.3 is 5.32 Å². The average molecular weight is 188 g/mol. The van der Waals surface area contributed by atoms with E-state index in [1.807, 2.05) is 25.1 Å². The van der Waals surface area contributed by atoms with Crippen LogP contribution in [-0.4, -0.2) is 16.9 Å². The van der Waals surface area contributed by atoms with E-state index in [0.29, 0.717) is 6.42 Å². The zero-order valence-corrected chi connectivity index (χ0v) is 8.03. The third-order valence-corrected chi connectivity index (χ3v) is 2.37. The molecule has 0 fully saturated rings. The van der Waals surface area contributed by atoms with Crippen LogP contribution in [0.2, 0.25) is 0 Å². The monoisotopic (exact) mass is 188 g/mol. The van der Waals surface area contributed by atoms with Crippen molar-refractivity contribution in [3.8, 4) is 0 Å². The highest BCUT2D eigenvalue weighted by Crippen LogP contribution is 2.20. The van der Waals surface area contributed by atoms with E-state index in [1.54, 1.807) is 12.4 Å². The molecule has 3 heteroatoms. The molecular formula is C11H12N2O. The van der Waals surface area contributed by atoms with Crippen LogP contribution in [0, 0.1) is 0 Å². The molecule has 1 aliphatic rings. The van der Waals surface area contributed by atoms with Crippen molar-refractivity contribution >= 4 is 11.5 Å². The fraction of sp³-hybridized carbons (Fsp3) is 0.273. The van der Waals surface area contributed by atoms with Gasteiger partial charge in [-0.2, -0.15) is 0 Å². The SMILES string of the molecule is CC1NC(=O)CC=C1c1ccncc1. The van der Waals surface area contributed by atoms with Gasteiger partial charge in [-0.25, -0.2) is 0 Å². The van der Waals surface area contributed by atoms with Gasteiger partial charge in [-0.1, -0.05) is 6.08 Å². The van der Waals surface area contributed by atoms with Crippen molar-refractivity contribution in [2.24, 2.45) is 0 Å². The van der Waals surface area contributed by atoms with Gasteiger partial charge in [-0.05, 0) is 30.2 Å². The van der Waals surface area contributed by atoms with E-state index in [0.717, 1.165) is 5.56 Å². The highest BCUT2D eigenvalue weighted by atomic mass is 16.1. The third-order valence-electron chi connectivity index (χ3n) is 2.37. The van der Waals surface area contributed by atoms with Gasteiger partial charge in [0.2, 0.25) is 5.91 Å². The number of nitrogens with one attached hydrogen (secondary N) is 1. The smallest absolute Gasteiger partial charge is 0.224 e. The Morgan fingerprint density at radius 3 is 2.79 bits per heavy atom. The van der Waals surface area contributed by atoms with Crippen LogP contribution in [0.25, 0.3) is 5.57 Å². The Balaban J connectivity index is 2.31. The molecule has 0 spiro atoms. The Bertz CT molecular complexity index is 370. The molecule has 3 nitrogen and oxygen atoms in total. The number of hydrogen-bond donors (Lipinski definition) is 1. The fourth-order valence-electron chi connectivity index (χ4n) is 1.67. The van der Waals surface area contributed by atoms with Gasteiger partial charge in [-0.3, -0.25) is 9.78 Å². The molecule has 1 aliphatic heterocycles. The highest BCUT2D eigenvalue weighted by Gasteiger charge is 2.17. The minimum atomic E-state index is 0.0929. The number of aromatic nitrogens is 1. The molecule has 0 bridgehead atoms. The van der Waals surface area contributed by atoms with Gasteiger partial charge in [0.1, 0.15) is 0 Å². The van der Waals surface area contributed by atoms with Crippen LogP contribution in [0.4, 0.5) is 0 Å². The Kier molecular flexibility index (Phi) is 2.31. The minimum absolute atomic E-state index is 0.0929. The molecule has 1 aromatic heterocycles. The molecule has 1 aromatic rings. The Hall–Kier alpha value is -1.64. The number of amides is 1. The first-order chi connectivity index (χ1) is 6.77. The lowest BCUT2D eigenvalue weighted by Gasteiger charge is -2.22. The van der Waals surface area contributed by atoms with E-state index in [2.05, 4.69) is 10.3 Å².